The lowest BCUT2D eigenvalue weighted by Gasteiger charge is -2.27. The van der Waals surface area contributed by atoms with Crippen molar-refractivity contribution in [2.75, 3.05) is 39.4 Å². The van der Waals surface area contributed by atoms with Gasteiger partial charge in [0.15, 0.2) is 0 Å². The van der Waals surface area contributed by atoms with Crippen LogP contribution in [0.25, 0.3) is 0 Å². The van der Waals surface area contributed by atoms with Gasteiger partial charge in [0.25, 0.3) is 5.91 Å². The number of nitrogens with one attached hydrogen (secondary N) is 1. The molecule has 2 aromatic rings. The summed E-state index contributed by atoms with van der Waals surface area (Å²) in [5, 5.41) is 2.96. The standard InChI is InChI=1S/C24H31N3O4S/c28-24(20-9-6-10-23(17-20)32(29,30)27-11-4-1-5-12-27)25-18-21-7-2-3-8-22(21)19-26-13-15-31-16-14-26/h2-3,6-10,17H,1,4-5,11-16,18-19H2,(H,25,28). The number of rotatable bonds is 7. The van der Waals surface area contributed by atoms with Crippen LogP contribution in [0.2, 0.25) is 0 Å². The summed E-state index contributed by atoms with van der Waals surface area (Å²) in [4.78, 5) is 15.4. The molecule has 2 fully saturated rings. The van der Waals surface area contributed by atoms with Gasteiger partial charge in [-0.15, -0.1) is 0 Å². The molecule has 0 aliphatic carbocycles. The zero-order chi connectivity index (χ0) is 22.4. The van der Waals surface area contributed by atoms with Crippen LogP contribution in [-0.4, -0.2) is 62.9 Å². The minimum atomic E-state index is -3.57. The zero-order valence-corrected chi connectivity index (χ0v) is 19.1. The van der Waals surface area contributed by atoms with Gasteiger partial charge in [-0.25, -0.2) is 8.42 Å². The van der Waals surface area contributed by atoms with E-state index in [4.69, 9.17) is 4.74 Å². The van der Waals surface area contributed by atoms with E-state index in [0.717, 1.165) is 57.7 Å². The van der Waals surface area contributed by atoms with Crippen molar-refractivity contribution in [2.24, 2.45) is 0 Å². The molecule has 2 saturated heterocycles. The molecular formula is C24H31N3O4S. The Morgan fingerprint density at radius 3 is 2.38 bits per heavy atom. The van der Waals surface area contributed by atoms with E-state index in [-0.39, 0.29) is 10.8 Å². The Kier molecular flexibility index (Phi) is 7.57. The lowest BCUT2D eigenvalue weighted by Crippen LogP contribution is -2.36. The summed E-state index contributed by atoms with van der Waals surface area (Å²) in [6, 6.07) is 14.4. The number of piperidine rings is 1. The maximum absolute atomic E-state index is 13.0. The third kappa shape index (κ3) is 5.56. The molecule has 0 radical (unpaired) electrons. The van der Waals surface area contributed by atoms with Crippen molar-refractivity contribution >= 4 is 15.9 Å². The maximum atomic E-state index is 13.0. The van der Waals surface area contributed by atoms with Crippen molar-refractivity contribution in [1.82, 2.24) is 14.5 Å². The third-order valence-electron chi connectivity index (χ3n) is 6.10. The molecule has 0 spiro atoms. The minimum Gasteiger partial charge on any atom is -0.379 e. The average molecular weight is 458 g/mol. The van der Waals surface area contributed by atoms with E-state index in [1.807, 2.05) is 18.2 Å². The van der Waals surface area contributed by atoms with Gasteiger partial charge in [0, 0.05) is 44.8 Å². The van der Waals surface area contributed by atoms with Crippen LogP contribution >= 0.6 is 0 Å². The van der Waals surface area contributed by atoms with E-state index in [1.54, 1.807) is 18.2 Å². The Hall–Kier alpha value is -2.26. The number of hydrogen-bond donors (Lipinski definition) is 1. The van der Waals surface area contributed by atoms with E-state index < -0.39 is 10.0 Å². The van der Waals surface area contributed by atoms with Crippen LogP contribution in [0.5, 0.6) is 0 Å². The first-order chi connectivity index (χ1) is 15.5. The maximum Gasteiger partial charge on any atom is 0.251 e. The zero-order valence-electron chi connectivity index (χ0n) is 18.3. The molecule has 0 bridgehead atoms. The topological polar surface area (TPSA) is 79.0 Å². The second kappa shape index (κ2) is 10.6. The van der Waals surface area contributed by atoms with Crippen molar-refractivity contribution in [1.29, 1.82) is 0 Å². The fourth-order valence-corrected chi connectivity index (χ4v) is 5.78. The molecule has 0 aromatic heterocycles. The molecule has 2 aliphatic rings. The van der Waals surface area contributed by atoms with Crippen LogP contribution in [0, 0.1) is 0 Å². The Morgan fingerprint density at radius 2 is 1.62 bits per heavy atom. The van der Waals surface area contributed by atoms with Crippen molar-refractivity contribution in [3.05, 3.63) is 65.2 Å². The highest BCUT2D eigenvalue weighted by Gasteiger charge is 2.26. The Labute approximate surface area is 190 Å². The number of benzene rings is 2. The van der Waals surface area contributed by atoms with Gasteiger partial charge in [-0.3, -0.25) is 9.69 Å². The summed E-state index contributed by atoms with van der Waals surface area (Å²) in [6.07, 6.45) is 2.81. The van der Waals surface area contributed by atoms with Crippen LogP contribution in [-0.2, 0) is 27.8 Å². The van der Waals surface area contributed by atoms with E-state index in [2.05, 4.69) is 16.3 Å². The van der Waals surface area contributed by atoms with Gasteiger partial charge >= 0.3 is 0 Å². The third-order valence-corrected chi connectivity index (χ3v) is 8.00. The summed E-state index contributed by atoms with van der Waals surface area (Å²) in [6.45, 7) is 5.59. The normalized spacial score (nSPS) is 18.4. The molecule has 0 atom stereocenters. The lowest BCUT2D eigenvalue weighted by atomic mass is 10.1. The highest BCUT2D eigenvalue weighted by Crippen LogP contribution is 2.21. The molecule has 0 saturated carbocycles. The van der Waals surface area contributed by atoms with E-state index in [9.17, 15) is 13.2 Å². The van der Waals surface area contributed by atoms with Gasteiger partial charge in [0.05, 0.1) is 18.1 Å². The molecule has 0 unspecified atom stereocenters. The largest absolute Gasteiger partial charge is 0.379 e. The molecule has 2 aliphatic heterocycles. The van der Waals surface area contributed by atoms with Crippen LogP contribution in [0.15, 0.2) is 53.4 Å². The highest BCUT2D eigenvalue weighted by molar-refractivity contribution is 7.89. The first kappa shape index (κ1) is 22.9. The molecule has 8 heteroatoms. The highest BCUT2D eigenvalue weighted by atomic mass is 32.2. The van der Waals surface area contributed by atoms with Gasteiger partial charge in [0.2, 0.25) is 10.0 Å². The SMILES string of the molecule is O=C(NCc1ccccc1CN1CCOCC1)c1cccc(S(=O)(=O)N2CCCCC2)c1. The van der Waals surface area contributed by atoms with Crippen molar-refractivity contribution in [3.8, 4) is 0 Å². The molecule has 2 heterocycles. The summed E-state index contributed by atoms with van der Waals surface area (Å²) in [7, 11) is -3.57. The van der Waals surface area contributed by atoms with E-state index in [1.165, 1.54) is 15.9 Å². The second-order valence-corrected chi connectivity index (χ2v) is 10.3. The number of morpholine rings is 1. The number of carbonyl (C=O) groups excluding carboxylic acids is 1. The van der Waals surface area contributed by atoms with Gasteiger partial charge < -0.3 is 10.1 Å². The fourth-order valence-electron chi connectivity index (χ4n) is 4.21. The lowest BCUT2D eigenvalue weighted by molar-refractivity contribution is 0.0340. The van der Waals surface area contributed by atoms with Gasteiger partial charge in [-0.2, -0.15) is 4.31 Å². The van der Waals surface area contributed by atoms with Crippen LogP contribution in [0.1, 0.15) is 40.7 Å². The Morgan fingerprint density at radius 1 is 0.906 bits per heavy atom. The number of sulfonamides is 1. The number of ether oxygens (including phenoxy) is 1. The first-order valence-corrected chi connectivity index (χ1v) is 12.7. The summed E-state index contributed by atoms with van der Waals surface area (Å²) in [5.74, 6) is -0.276. The molecule has 2 aromatic carbocycles. The molecule has 32 heavy (non-hydrogen) atoms. The van der Waals surface area contributed by atoms with E-state index >= 15 is 0 Å². The summed E-state index contributed by atoms with van der Waals surface area (Å²) >= 11 is 0. The Balaban J connectivity index is 1.42. The van der Waals surface area contributed by atoms with Crippen LogP contribution in [0.3, 0.4) is 0 Å². The average Bonchev–Trinajstić information content (AvgIpc) is 2.84. The van der Waals surface area contributed by atoms with Gasteiger partial charge in [-0.05, 0) is 42.2 Å². The first-order valence-electron chi connectivity index (χ1n) is 11.3. The number of amides is 1. The van der Waals surface area contributed by atoms with Crippen molar-refractivity contribution < 1.29 is 17.9 Å². The molecular weight excluding hydrogens is 426 g/mol. The number of nitrogens with zero attached hydrogens (tertiary/aromatic N) is 2. The van der Waals surface area contributed by atoms with Crippen molar-refractivity contribution in [2.45, 2.75) is 37.2 Å². The van der Waals surface area contributed by atoms with Crippen LogP contribution in [0.4, 0.5) is 0 Å². The monoisotopic (exact) mass is 457 g/mol. The molecule has 1 amide bonds. The second-order valence-electron chi connectivity index (χ2n) is 8.33. The fraction of sp³-hybridized carbons (Fsp3) is 0.458. The molecule has 7 nitrogen and oxygen atoms in total. The minimum absolute atomic E-state index is 0.180. The summed E-state index contributed by atoms with van der Waals surface area (Å²) in [5.41, 5.74) is 2.59. The van der Waals surface area contributed by atoms with Crippen LogP contribution < -0.4 is 5.32 Å². The summed E-state index contributed by atoms with van der Waals surface area (Å²) < 4.78 is 32.9. The number of carbonyl (C=O) groups is 1. The quantitative estimate of drug-likeness (QED) is 0.692. The molecule has 172 valence electrons. The molecule has 1 N–H and O–H groups in total. The van der Waals surface area contributed by atoms with E-state index in [0.29, 0.717) is 25.2 Å². The smallest absolute Gasteiger partial charge is 0.251 e. The van der Waals surface area contributed by atoms with Gasteiger partial charge in [0.1, 0.15) is 0 Å². The molecule has 4 rings (SSSR count). The Bertz CT molecular complexity index is 1030. The number of hydrogen-bond acceptors (Lipinski definition) is 5. The van der Waals surface area contributed by atoms with Crippen molar-refractivity contribution in [3.63, 3.8) is 0 Å². The predicted octanol–water partition coefficient (Wildman–Crippen LogP) is 2.62. The predicted molar refractivity (Wildman–Crippen MR) is 123 cm³/mol. The van der Waals surface area contributed by atoms with Gasteiger partial charge in [-0.1, -0.05) is 36.8 Å².